The third-order valence-corrected chi connectivity index (χ3v) is 3.61. The number of primary amides is 1. The Morgan fingerprint density at radius 2 is 1.90 bits per heavy atom. The fraction of sp³-hybridized carbons (Fsp3) is 0.467. The van der Waals surface area contributed by atoms with Gasteiger partial charge in [0, 0.05) is 5.69 Å². The van der Waals surface area contributed by atoms with Crippen molar-refractivity contribution in [2.75, 3.05) is 5.32 Å². The Morgan fingerprint density at radius 1 is 1.20 bits per heavy atom. The quantitative estimate of drug-likeness (QED) is 0.783. The first kappa shape index (κ1) is 14.4. The number of rotatable bonds is 4. The number of amides is 3. The van der Waals surface area contributed by atoms with Crippen molar-refractivity contribution in [3.05, 3.63) is 29.3 Å². The highest BCUT2D eigenvalue weighted by Crippen LogP contribution is 2.25. The predicted molar refractivity (Wildman–Crippen MR) is 78.4 cm³/mol. The molecule has 1 aliphatic carbocycles. The summed E-state index contributed by atoms with van der Waals surface area (Å²) in [5.74, 6) is -0.270. The molecule has 0 radical (unpaired) electrons. The third kappa shape index (κ3) is 3.29. The fourth-order valence-corrected chi connectivity index (χ4v) is 2.56. The molecule has 2 rings (SSSR count). The Labute approximate surface area is 118 Å². The summed E-state index contributed by atoms with van der Waals surface area (Å²) in [6.07, 6.45) is 3.35. The van der Waals surface area contributed by atoms with E-state index in [0.717, 1.165) is 18.5 Å². The summed E-state index contributed by atoms with van der Waals surface area (Å²) in [6, 6.07) is 4.67. The van der Waals surface area contributed by atoms with Crippen LogP contribution in [0.2, 0.25) is 0 Å². The van der Waals surface area contributed by atoms with Crippen LogP contribution in [0.15, 0.2) is 18.2 Å². The van der Waals surface area contributed by atoms with E-state index in [4.69, 9.17) is 5.73 Å². The molecule has 108 valence electrons. The second kappa shape index (κ2) is 5.94. The minimum atomic E-state index is -0.687. The maximum atomic E-state index is 12.2. The summed E-state index contributed by atoms with van der Waals surface area (Å²) in [5.41, 5.74) is 8.53. The van der Waals surface area contributed by atoms with Crippen LogP contribution in [0.1, 0.15) is 31.4 Å². The van der Waals surface area contributed by atoms with Gasteiger partial charge in [0.15, 0.2) is 0 Å². The topological polar surface area (TPSA) is 84.2 Å². The lowest BCUT2D eigenvalue weighted by Gasteiger charge is -2.20. The molecule has 0 saturated carbocycles. The summed E-state index contributed by atoms with van der Waals surface area (Å²) < 4.78 is 0. The van der Waals surface area contributed by atoms with Crippen LogP contribution in [-0.4, -0.2) is 18.0 Å². The van der Waals surface area contributed by atoms with Crippen molar-refractivity contribution in [1.29, 1.82) is 0 Å². The smallest absolute Gasteiger partial charge is 0.312 e. The van der Waals surface area contributed by atoms with Gasteiger partial charge in [0.1, 0.15) is 6.04 Å². The summed E-state index contributed by atoms with van der Waals surface area (Å²) in [7, 11) is 0. The second-order valence-electron chi connectivity index (χ2n) is 5.56. The van der Waals surface area contributed by atoms with Crippen molar-refractivity contribution in [2.45, 2.75) is 39.2 Å². The number of nitrogens with two attached hydrogens (primary N) is 1. The van der Waals surface area contributed by atoms with E-state index in [9.17, 15) is 9.59 Å². The minimum Gasteiger partial charge on any atom is -0.352 e. The van der Waals surface area contributed by atoms with E-state index in [0.29, 0.717) is 0 Å². The maximum Gasteiger partial charge on any atom is 0.312 e. The average Bonchev–Trinajstić information content (AvgIpc) is 2.82. The summed E-state index contributed by atoms with van der Waals surface area (Å²) in [5, 5.41) is 5.33. The first-order valence-corrected chi connectivity index (χ1v) is 6.96. The summed E-state index contributed by atoms with van der Waals surface area (Å²) in [4.78, 5) is 23.2. The van der Waals surface area contributed by atoms with Crippen LogP contribution >= 0.6 is 0 Å². The highest BCUT2D eigenvalue weighted by Gasteiger charge is 2.23. The normalized spacial score (nSPS) is 14.8. The lowest BCUT2D eigenvalue weighted by molar-refractivity contribution is -0.118. The minimum absolute atomic E-state index is 0.0306. The SMILES string of the molecule is CC(C)[C@H](NC(N)=O)C(=O)Nc1ccc2c(c1)CCC2. The van der Waals surface area contributed by atoms with Crippen molar-refractivity contribution in [1.82, 2.24) is 5.32 Å². The first-order chi connectivity index (χ1) is 9.47. The number of carbonyl (C=O) groups excluding carboxylic acids is 2. The molecule has 3 amide bonds. The molecule has 0 aliphatic heterocycles. The van der Waals surface area contributed by atoms with Gasteiger partial charge in [0.2, 0.25) is 5.91 Å². The fourth-order valence-electron chi connectivity index (χ4n) is 2.56. The zero-order valence-electron chi connectivity index (χ0n) is 11.9. The van der Waals surface area contributed by atoms with E-state index in [2.05, 4.69) is 16.7 Å². The van der Waals surface area contributed by atoms with Crippen molar-refractivity contribution >= 4 is 17.6 Å². The molecule has 4 N–H and O–H groups in total. The number of aryl methyl sites for hydroxylation is 2. The van der Waals surface area contributed by atoms with E-state index in [1.165, 1.54) is 17.5 Å². The van der Waals surface area contributed by atoms with Gasteiger partial charge in [-0.05, 0) is 48.4 Å². The largest absolute Gasteiger partial charge is 0.352 e. The molecule has 1 aromatic carbocycles. The average molecular weight is 275 g/mol. The molecule has 1 atom stereocenters. The van der Waals surface area contributed by atoms with Gasteiger partial charge >= 0.3 is 6.03 Å². The Morgan fingerprint density at radius 3 is 2.55 bits per heavy atom. The molecule has 20 heavy (non-hydrogen) atoms. The number of urea groups is 1. The Balaban J connectivity index is 2.07. The number of nitrogens with one attached hydrogen (secondary N) is 2. The molecule has 0 heterocycles. The summed E-state index contributed by atoms with van der Waals surface area (Å²) in [6.45, 7) is 3.73. The van der Waals surface area contributed by atoms with E-state index in [1.807, 2.05) is 26.0 Å². The lowest BCUT2D eigenvalue weighted by atomic mass is 10.0. The van der Waals surface area contributed by atoms with Crippen LogP contribution in [0, 0.1) is 5.92 Å². The molecule has 0 fully saturated rings. The molecule has 0 spiro atoms. The van der Waals surface area contributed by atoms with Crippen LogP contribution in [0.5, 0.6) is 0 Å². The van der Waals surface area contributed by atoms with Crippen LogP contribution in [-0.2, 0) is 17.6 Å². The van der Waals surface area contributed by atoms with Crippen LogP contribution in [0.25, 0.3) is 0 Å². The molecular weight excluding hydrogens is 254 g/mol. The van der Waals surface area contributed by atoms with Crippen molar-refractivity contribution in [2.24, 2.45) is 11.7 Å². The molecule has 0 bridgehead atoms. The van der Waals surface area contributed by atoms with E-state index in [-0.39, 0.29) is 11.8 Å². The van der Waals surface area contributed by atoms with Crippen LogP contribution < -0.4 is 16.4 Å². The first-order valence-electron chi connectivity index (χ1n) is 6.96. The number of anilines is 1. The van der Waals surface area contributed by atoms with Gasteiger partial charge in [-0.2, -0.15) is 0 Å². The Kier molecular flexibility index (Phi) is 4.27. The van der Waals surface area contributed by atoms with Gasteiger partial charge in [-0.3, -0.25) is 4.79 Å². The zero-order chi connectivity index (χ0) is 14.7. The molecule has 5 nitrogen and oxygen atoms in total. The predicted octanol–water partition coefficient (Wildman–Crippen LogP) is 1.81. The van der Waals surface area contributed by atoms with Crippen molar-refractivity contribution in [3.8, 4) is 0 Å². The number of carbonyl (C=O) groups is 2. The van der Waals surface area contributed by atoms with E-state index >= 15 is 0 Å². The zero-order valence-corrected chi connectivity index (χ0v) is 11.9. The number of hydrogen-bond acceptors (Lipinski definition) is 2. The monoisotopic (exact) mass is 275 g/mol. The molecule has 0 saturated heterocycles. The van der Waals surface area contributed by atoms with Gasteiger partial charge in [0.05, 0.1) is 0 Å². The van der Waals surface area contributed by atoms with Gasteiger partial charge in [-0.15, -0.1) is 0 Å². The van der Waals surface area contributed by atoms with Gasteiger partial charge < -0.3 is 16.4 Å². The standard InChI is InChI=1S/C15H21N3O2/c1-9(2)13(18-15(16)20)14(19)17-12-7-6-10-4-3-5-11(10)8-12/h6-9,13H,3-5H2,1-2H3,(H,17,19)(H3,16,18,20)/t13-/m0/s1. The molecular formula is C15H21N3O2. The lowest BCUT2D eigenvalue weighted by Crippen LogP contribution is -2.49. The molecule has 1 aromatic rings. The molecule has 5 heteroatoms. The van der Waals surface area contributed by atoms with Crippen molar-refractivity contribution < 1.29 is 9.59 Å². The Hall–Kier alpha value is -2.04. The van der Waals surface area contributed by atoms with Gasteiger partial charge in [0.25, 0.3) is 0 Å². The van der Waals surface area contributed by atoms with E-state index < -0.39 is 12.1 Å². The van der Waals surface area contributed by atoms with Crippen LogP contribution in [0.4, 0.5) is 10.5 Å². The number of fused-ring (bicyclic) bond motifs is 1. The highest BCUT2D eigenvalue weighted by atomic mass is 16.2. The van der Waals surface area contributed by atoms with Crippen molar-refractivity contribution in [3.63, 3.8) is 0 Å². The third-order valence-electron chi connectivity index (χ3n) is 3.61. The van der Waals surface area contributed by atoms with Gasteiger partial charge in [-0.1, -0.05) is 19.9 Å². The molecule has 0 unspecified atom stereocenters. The highest BCUT2D eigenvalue weighted by molar-refractivity contribution is 5.97. The maximum absolute atomic E-state index is 12.2. The number of benzene rings is 1. The van der Waals surface area contributed by atoms with E-state index in [1.54, 1.807) is 0 Å². The second-order valence-corrected chi connectivity index (χ2v) is 5.56. The molecule has 0 aromatic heterocycles. The molecule has 1 aliphatic rings. The van der Waals surface area contributed by atoms with Crippen LogP contribution in [0.3, 0.4) is 0 Å². The number of hydrogen-bond donors (Lipinski definition) is 3. The van der Waals surface area contributed by atoms with Gasteiger partial charge in [-0.25, -0.2) is 4.79 Å². The summed E-state index contributed by atoms with van der Waals surface area (Å²) >= 11 is 0. The Bertz CT molecular complexity index is 526.